The number of piperidine rings is 1. The molecule has 5 rings (SSSR count). The number of aryl methyl sites for hydroxylation is 1. The van der Waals surface area contributed by atoms with E-state index in [0.717, 1.165) is 62.4 Å². The van der Waals surface area contributed by atoms with Gasteiger partial charge in [0.25, 0.3) is 0 Å². The topological polar surface area (TPSA) is 83.7 Å². The van der Waals surface area contributed by atoms with Gasteiger partial charge in [-0.25, -0.2) is 0 Å². The maximum absolute atomic E-state index is 12.9. The predicted octanol–water partition coefficient (Wildman–Crippen LogP) is 3.41. The highest BCUT2D eigenvalue weighted by Gasteiger charge is 2.27. The number of hydrogen-bond donors (Lipinski definition) is 1. The molecule has 8 nitrogen and oxygen atoms in total. The Kier molecular flexibility index (Phi) is 7.39. The molecule has 0 radical (unpaired) electrons. The molecule has 1 unspecified atom stereocenters. The summed E-state index contributed by atoms with van der Waals surface area (Å²) in [7, 11) is 0. The third-order valence-corrected chi connectivity index (χ3v) is 6.76. The molecule has 1 atom stereocenters. The van der Waals surface area contributed by atoms with Crippen molar-refractivity contribution in [2.75, 3.05) is 44.3 Å². The Hall–Kier alpha value is -3.23. The van der Waals surface area contributed by atoms with Crippen LogP contribution in [0.4, 0.5) is 5.69 Å². The average molecular weight is 476 g/mol. The van der Waals surface area contributed by atoms with Gasteiger partial charge in [0.05, 0.1) is 25.7 Å². The molecule has 2 aliphatic rings. The molecule has 0 spiro atoms. The van der Waals surface area contributed by atoms with Crippen LogP contribution in [0.15, 0.2) is 53.1 Å². The molecule has 184 valence electrons. The van der Waals surface area contributed by atoms with Gasteiger partial charge in [-0.1, -0.05) is 41.1 Å². The van der Waals surface area contributed by atoms with Crippen molar-refractivity contribution in [3.63, 3.8) is 0 Å². The highest BCUT2D eigenvalue weighted by molar-refractivity contribution is 5.79. The lowest BCUT2D eigenvalue weighted by Gasteiger charge is -2.31. The first-order chi connectivity index (χ1) is 17.1. The van der Waals surface area contributed by atoms with Gasteiger partial charge in [0, 0.05) is 37.4 Å². The minimum Gasteiger partial charge on any atom is -0.378 e. The van der Waals surface area contributed by atoms with Crippen LogP contribution in [-0.4, -0.2) is 60.3 Å². The fraction of sp³-hybridized carbons (Fsp3) is 0.444. The minimum atomic E-state index is -0.0319. The summed E-state index contributed by atoms with van der Waals surface area (Å²) in [6, 6.07) is 16.5. The zero-order valence-electron chi connectivity index (χ0n) is 20.3. The van der Waals surface area contributed by atoms with Gasteiger partial charge in [-0.05, 0) is 50.1 Å². The molecule has 2 aliphatic heterocycles. The number of nitrogens with one attached hydrogen (secondary N) is 1. The Morgan fingerprint density at radius 1 is 1.11 bits per heavy atom. The van der Waals surface area contributed by atoms with Crippen molar-refractivity contribution in [1.29, 1.82) is 0 Å². The largest absolute Gasteiger partial charge is 0.378 e. The molecule has 2 saturated heterocycles. The van der Waals surface area contributed by atoms with E-state index in [1.54, 1.807) is 0 Å². The van der Waals surface area contributed by atoms with E-state index in [-0.39, 0.29) is 11.8 Å². The molecule has 35 heavy (non-hydrogen) atoms. The number of morpholine rings is 1. The number of ether oxygens (including phenoxy) is 1. The number of rotatable bonds is 7. The monoisotopic (exact) mass is 475 g/mol. The van der Waals surface area contributed by atoms with E-state index in [9.17, 15) is 4.79 Å². The Morgan fingerprint density at radius 2 is 1.94 bits per heavy atom. The first kappa shape index (κ1) is 23.5. The second-order valence-electron chi connectivity index (χ2n) is 9.44. The van der Waals surface area contributed by atoms with E-state index in [1.165, 1.54) is 5.69 Å². The van der Waals surface area contributed by atoms with Crippen molar-refractivity contribution in [1.82, 2.24) is 20.4 Å². The van der Waals surface area contributed by atoms with Crippen LogP contribution in [-0.2, 0) is 22.6 Å². The summed E-state index contributed by atoms with van der Waals surface area (Å²) in [5.74, 6) is 1.27. The second kappa shape index (κ2) is 11.0. The predicted molar refractivity (Wildman–Crippen MR) is 134 cm³/mol. The summed E-state index contributed by atoms with van der Waals surface area (Å²) in [4.78, 5) is 22.0. The smallest absolute Gasteiger partial charge is 0.241 e. The summed E-state index contributed by atoms with van der Waals surface area (Å²) >= 11 is 0. The van der Waals surface area contributed by atoms with E-state index >= 15 is 0 Å². The summed E-state index contributed by atoms with van der Waals surface area (Å²) < 4.78 is 10.9. The third kappa shape index (κ3) is 6.07. The molecule has 1 N–H and O–H groups in total. The van der Waals surface area contributed by atoms with Crippen LogP contribution in [0, 0.1) is 12.8 Å². The first-order valence-electron chi connectivity index (χ1n) is 12.5. The number of anilines is 1. The zero-order valence-corrected chi connectivity index (χ0v) is 20.3. The molecular formula is C27H33N5O3. The summed E-state index contributed by atoms with van der Waals surface area (Å²) in [5.41, 5.74) is 4.43. The Bertz CT molecular complexity index is 1120. The summed E-state index contributed by atoms with van der Waals surface area (Å²) in [6.07, 6.45) is 1.88. The fourth-order valence-corrected chi connectivity index (χ4v) is 4.80. The lowest BCUT2D eigenvalue weighted by Crippen LogP contribution is -2.42. The molecule has 2 fully saturated rings. The molecule has 1 amide bonds. The SMILES string of the molecule is Cc1cccc(-c2noc(CN3CCCC(C(=O)NCc4ccc(N5CCOCC5)cc4)C3)n2)c1. The lowest BCUT2D eigenvalue weighted by atomic mass is 9.97. The van der Waals surface area contributed by atoms with Crippen LogP contribution in [0.25, 0.3) is 11.4 Å². The van der Waals surface area contributed by atoms with Crippen molar-refractivity contribution in [2.24, 2.45) is 5.92 Å². The van der Waals surface area contributed by atoms with Crippen molar-refractivity contribution >= 4 is 11.6 Å². The fourth-order valence-electron chi connectivity index (χ4n) is 4.80. The number of likely N-dealkylation sites (tertiary alicyclic amines) is 1. The first-order valence-corrected chi connectivity index (χ1v) is 12.5. The number of amides is 1. The van der Waals surface area contributed by atoms with Crippen LogP contribution >= 0.6 is 0 Å². The van der Waals surface area contributed by atoms with Crippen LogP contribution in [0.5, 0.6) is 0 Å². The molecule has 2 aromatic carbocycles. The Labute approximate surface area is 206 Å². The zero-order chi connectivity index (χ0) is 24.0. The van der Waals surface area contributed by atoms with Crippen molar-refractivity contribution in [2.45, 2.75) is 32.9 Å². The number of carbonyl (C=O) groups is 1. The minimum absolute atomic E-state index is 0.0319. The number of nitrogens with zero attached hydrogens (tertiary/aromatic N) is 4. The van der Waals surface area contributed by atoms with Gasteiger partial charge in [0.15, 0.2) is 0 Å². The molecule has 8 heteroatoms. The number of benzene rings is 2. The average Bonchev–Trinajstić information content (AvgIpc) is 3.37. The standard InChI is InChI=1S/C27H33N5O3/c1-20-4-2-5-22(16-20)26-29-25(35-30-26)19-31-11-3-6-23(18-31)27(33)28-17-21-7-9-24(10-8-21)32-12-14-34-15-13-32/h2,4-5,7-10,16,23H,3,6,11-15,17-19H2,1H3,(H,28,33). The highest BCUT2D eigenvalue weighted by atomic mass is 16.5. The molecule has 0 saturated carbocycles. The van der Waals surface area contributed by atoms with E-state index in [2.05, 4.69) is 49.5 Å². The van der Waals surface area contributed by atoms with Crippen LogP contribution in [0.1, 0.15) is 29.9 Å². The lowest BCUT2D eigenvalue weighted by molar-refractivity contribution is -0.127. The normalized spacial score (nSPS) is 19.0. The van der Waals surface area contributed by atoms with Crippen LogP contribution in [0.3, 0.4) is 0 Å². The maximum atomic E-state index is 12.9. The van der Waals surface area contributed by atoms with Gasteiger partial charge in [0.2, 0.25) is 17.6 Å². The molecule has 0 bridgehead atoms. The number of aromatic nitrogens is 2. The maximum Gasteiger partial charge on any atom is 0.241 e. The van der Waals surface area contributed by atoms with E-state index in [0.29, 0.717) is 31.3 Å². The van der Waals surface area contributed by atoms with Gasteiger partial charge >= 0.3 is 0 Å². The van der Waals surface area contributed by atoms with Crippen LogP contribution < -0.4 is 10.2 Å². The van der Waals surface area contributed by atoms with Crippen molar-refractivity contribution < 1.29 is 14.1 Å². The van der Waals surface area contributed by atoms with Gasteiger partial charge in [-0.3, -0.25) is 9.69 Å². The quantitative estimate of drug-likeness (QED) is 0.561. The third-order valence-electron chi connectivity index (χ3n) is 6.76. The van der Waals surface area contributed by atoms with E-state index in [1.807, 2.05) is 31.2 Å². The second-order valence-corrected chi connectivity index (χ2v) is 9.44. The summed E-state index contributed by atoms with van der Waals surface area (Å²) in [5, 5.41) is 7.28. The summed E-state index contributed by atoms with van der Waals surface area (Å²) in [6.45, 7) is 8.17. The van der Waals surface area contributed by atoms with Gasteiger partial charge in [-0.2, -0.15) is 4.98 Å². The molecule has 3 heterocycles. The Balaban J connectivity index is 1.11. The highest BCUT2D eigenvalue weighted by Crippen LogP contribution is 2.21. The van der Waals surface area contributed by atoms with Crippen molar-refractivity contribution in [3.05, 3.63) is 65.5 Å². The molecular weight excluding hydrogens is 442 g/mol. The van der Waals surface area contributed by atoms with Crippen LogP contribution in [0.2, 0.25) is 0 Å². The molecule has 0 aliphatic carbocycles. The Morgan fingerprint density at radius 3 is 2.74 bits per heavy atom. The van der Waals surface area contributed by atoms with E-state index in [4.69, 9.17) is 9.26 Å². The van der Waals surface area contributed by atoms with E-state index < -0.39 is 0 Å². The number of carbonyl (C=O) groups excluding carboxylic acids is 1. The van der Waals surface area contributed by atoms with Gasteiger partial charge in [-0.15, -0.1) is 0 Å². The van der Waals surface area contributed by atoms with Crippen molar-refractivity contribution in [3.8, 4) is 11.4 Å². The van der Waals surface area contributed by atoms with Gasteiger partial charge < -0.3 is 19.5 Å². The molecule has 1 aromatic heterocycles. The molecule has 3 aromatic rings. The number of hydrogen-bond acceptors (Lipinski definition) is 7. The van der Waals surface area contributed by atoms with Gasteiger partial charge in [0.1, 0.15) is 0 Å².